The van der Waals surface area contributed by atoms with E-state index in [0.29, 0.717) is 22.5 Å². The van der Waals surface area contributed by atoms with Crippen molar-refractivity contribution in [2.45, 2.75) is 6.54 Å². The van der Waals surface area contributed by atoms with Gasteiger partial charge in [0.05, 0.1) is 5.52 Å². The average molecular weight is 363 g/mol. The fourth-order valence-corrected chi connectivity index (χ4v) is 2.92. The van der Waals surface area contributed by atoms with Crippen LogP contribution < -0.4 is 5.32 Å². The van der Waals surface area contributed by atoms with E-state index in [4.69, 9.17) is 0 Å². The van der Waals surface area contributed by atoms with Crippen LogP contribution in [-0.2, 0) is 6.54 Å². The van der Waals surface area contributed by atoms with Crippen molar-refractivity contribution in [3.05, 3.63) is 95.8 Å². The van der Waals surface area contributed by atoms with Gasteiger partial charge in [0.2, 0.25) is 0 Å². The molecule has 1 N–H and O–H groups in total. The highest BCUT2D eigenvalue weighted by molar-refractivity contribution is 6.00. The number of pyridine rings is 1. The van der Waals surface area contributed by atoms with Crippen molar-refractivity contribution in [1.82, 2.24) is 14.7 Å². The monoisotopic (exact) mass is 363 g/mol. The first kappa shape index (κ1) is 16.9. The summed E-state index contributed by atoms with van der Waals surface area (Å²) in [5.41, 5.74) is 2.24. The van der Waals surface area contributed by atoms with E-state index >= 15 is 0 Å². The standard InChI is InChI=1S/C21H15F2N3O/c22-16-9-7-15(8-10-16)20-25-19(18-6-1-2-11-26(18)20)21(27)24-13-14-4-3-5-17(23)12-14/h1-12H,13H2,(H,24,27). The van der Waals surface area contributed by atoms with Crippen LogP contribution in [0.1, 0.15) is 16.1 Å². The lowest BCUT2D eigenvalue weighted by Gasteiger charge is -2.04. The molecule has 0 aliphatic carbocycles. The van der Waals surface area contributed by atoms with Crippen molar-refractivity contribution in [3.63, 3.8) is 0 Å². The van der Waals surface area contributed by atoms with Crippen molar-refractivity contribution in [2.75, 3.05) is 0 Å². The van der Waals surface area contributed by atoms with Gasteiger partial charge in [-0.1, -0.05) is 18.2 Å². The smallest absolute Gasteiger partial charge is 0.272 e. The second kappa shape index (κ2) is 6.99. The van der Waals surface area contributed by atoms with Gasteiger partial charge < -0.3 is 5.32 Å². The number of aromatic nitrogens is 2. The highest BCUT2D eigenvalue weighted by Gasteiger charge is 2.18. The Morgan fingerprint density at radius 1 is 0.963 bits per heavy atom. The van der Waals surface area contributed by atoms with E-state index in [1.165, 1.54) is 24.3 Å². The second-order valence-corrected chi connectivity index (χ2v) is 6.06. The maximum atomic E-state index is 13.3. The number of halogens is 2. The van der Waals surface area contributed by atoms with Gasteiger partial charge in [0, 0.05) is 18.3 Å². The van der Waals surface area contributed by atoms with Crippen molar-refractivity contribution < 1.29 is 13.6 Å². The first-order chi connectivity index (χ1) is 13.1. The molecule has 2 aromatic heterocycles. The molecule has 4 rings (SSSR count). The normalized spacial score (nSPS) is 10.9. The third-order valence-corrected chi connectivity index (χ3v) is 4.21. The van der Waals surface area contributed by atoms with Crippen LogP contribution in [0.4, 0.5) is 8.78 Å². The molecule has 0 radical (unpaired) electrons. The van der Waals surface area contributed by atoms with Crippen molar-refractivity contribution in [2.24, 2.45) is 0 Å². The maximum absolute atomic E-state index is 13.3. The molecule has 2 heterocycles. The molecule has 0 aliphatic rings. The number of benzene rings is 2. The number of nitrogens with zero attached hydrogens (tertiary/aromatic N) is 2. The summed E-state index contributed by atoms with van der Waals surface area (Å²) in [7, 11) is 0. The number of hydrogen-bond acceptors (Lipinski definition) is 2. The van der Waals surface area contributed by atoms with Gasteiger partial charge in [0.15, 0.2) is 5.69 Å². The summed E-state index contributed by atoms with van der Waals surface area (Å²) in [4.78, 5) is 17.1. The largest absolute Gasteiger partial charge is 0.347 e. The molecule has 0 aliphatic heterocycles. The molecule has 4 nitrogen and oxygen atoms in total. The van der Waals surface area contributed by atoms with Crippen LogP contribution >= 0.6 is 0 Å². The fraction of sp³-hybridized carbons (Fsp3) is 0.0476. The number of carbonyl (C=O) groups is 1. The fourth-order valence-electron chi connectivity index (χ4n) is 2.92. The van der Waals surface area contributed by atoms with E-state index in [0.717, 1.165) is 0 Å². The number of carbonyl (C=O) groups excluding carboxylic acids is 1. The molecule has 0 unspecified atom stereocenters. The Bertz CT molecular complexity index is 1120. The molecule has 0 saturated carbocycles. The highest BCUT2D eigenvalue weighted by Crippen LogP contribution is 2.23. The Morgan fingerprint density at radius 3 is 2.56 bits per heavy atom. The molecule has 6 heteroatoms. The molecule has 1 amide bonds. The topological polar surface area (TPSA) is 46.4 Å². The number of rotatable bonds is 4. The number of amides is 1. The van der Waals surface area contributed by atoms with E-state index in [9.17, 15) is 13.6 Å². The number of fused-ring (bicyclic) bond motifs is 1. The third-order valence-electron chi connectivity index (χ3n) is 4.21. The lowest BCUT2D eigenvalue weighted by molar-refractivity contribution is 0.0948. The van der Waals surface area contributed by atoms with E-state index in [1.807, 2.05) is 12.1 Å². The SMILES string of the molecule is O=C(NCc1cccc(F)c1)c1nc(-c2ccc(F)cc2)n2ccccc12. The Balaban J connectivity index is 1.67. The first-order valence-electron chi connectivity index (χ1n) is 8.37. The van der Waals surface area contributed by atoms with E-state index in [1.54, 1.807) is 40.9 Å². The molecule has 4 aromatic rings. The van der Waals surface area contributed by atoms with Crippen LogP contribution in [0.5, 0.6) is 0 Å². The minimum absolute atomic E-state index is 0.189. The van der Waals surface area contributed by atoms with Gasteiger partial charge in [-0.3, -0.25) is 9.20 Å². The van der Waals surface area contributed by atoms with Crippen LogP contribution in [0.25, 0.3) is 16.9 Å². The summed E-state index contributed by atoms with van der Waals surface area (Å²) >= 11 is 0. The minimum atomic E-state index is -0.365. The molecule has 0 atom stereocenters. The van der Waals surface area contributed by atoms with Gasteiger partial charge in [-0.2, -0.15) is 0 Å². The minimum Gasteiger partial charge on any atom is -0.347 e. The summed E-state index contributed by atoms with van der Waals surface area (Å²) < 4.78 is 28.3. The molecule has 0 fully saturated rings. The maximum Gasteiger partial charge on any atom is 0.272 e. The lowest BCUT2D eigenvalue weighted by atomic mass is 10.2. The van der Waals surface area contributed by atoms with E-state index < -0.39 is 0 Å². The van der Waals surface area contributed by atoms with E-state index in [-0.39, 0.29) is 29.8 Å². The van der Waals surface area contributed by atoms with Crippen molar-refractivity contribution in [3.8, 4) is 11.4 Å². The van der Waals surface area contributed by atoms with Crippen LogP contribution in [0.2, 0.25) is 0 Å². The Labute approximate surface area is 154 Å². The average Bonchev–Trinajstić information content (AvgIpc) is 3.07. The van der Waals surface area contributed by atoms with Crippen LogP contribution in [0, 0.1) is 11.6 Å². The third kappa shape index (κ3) is 3.42. The zero-order valence-electron chi connectivity index (χ0n) is 14.2. The number of nitrogens with one attached hydrogen (secondary N) is 1. The van der Waals surface area contributed by atoms with Crippen molar-refractivity contribution in [1.29, 1.82) is 0 Å². The highest BCUT2D eigenvalue weighted by atomic mass is 19.1. The van der Waals surface area contributed by atoms with Crippen LogP contribution in [-0.4, -0.2) is 15.3 Å². The summed E-state index contributed by atoms with van der Waals surface area (Å²) in [5.74, 6) is -0.515. The zero-order chi connectivity index (χ0) is 18.8. The molecule has 0 bridgehead atoms. The number of hydrogen-bond donors (Lipinski definition) is 1. The molecular formula is C21H15F2N3O. The molecular weight excluding hydrogens is 348 g/mol. The number of imidazole rings is 1. The quantitative estimate of drug-likeness (QED) is 0.590. The van der Waals surface area contributed by atoms with Crippen molar-refractivity contribution >= 4 is 11.4 Å². The van der Waals surface area contributed by atoms with E-state index in [2.05, 4.69) is 10.3 Å². The molecule has 2 aromatic carbocycles. The predicted molar refractivity (Wildman–Crippen MR) is 98.2 cm³/mol. The Hall–Kier alpha value is -3.54. The lowest BCUT2D eigenvalue weighted by Crippen LogP contribution is -2.23. The van der Waals surface area contributed by atoms with Gasteiger partial charge in [-0.25, -0.2) is 13.8 Å². The predicted octanol–water partition coefficient (Wildman–Crippen LogP) is 4.21. The van der Waals surface area contributed by atoms with Gasteiger partial charge in [0.1, 0.15) is 17.5 Å². The first-order valence-corrected chi connectivity index (χ1v) is 8.37. The van der Waals surface area contributed by atoms with Crippen LogP contribution in [0.3, 0.4) is 0 Å². The van der Waals surface area contributed by atoms with Gasteiger partial charge in [-0.15, -0.1) is 0 Å². The zero-order valence-corrected chi connectivity index (χ0v) is 14.2. The molecule has 0 spiro atoms. The van der Waals surface area contributed by atoms with Gasteiger partial charge >= 0.3 is 0 Å². The molecule has 134 valence electrons. The second-order valence-electron chi connectivity index (χ2n) is 6.06. The summed E-state index contributed by atoms with van der Waals surface area (Å²) in [5, 5.41) is 2.77. The van der Waals surface area contributed by atoms with Gasteiger partial charge in [-0.05, 0) is 54.1 Å². The molecule has 0 saturated heterocycles. The van der Waals surface area contributed by atoms with Crippen LogP contribution in [0.15, 0.2) is 72.9 Å². The summed E-state index contributed by atoms with van der Waals surface area (Å²) in [6, 6.07) is 17.4. The summed E-state index contributed by atoms with van der Waals surface area (Å²) in [6.07, 6.45) is 1.80. The summed E-state index contributed by atoms with van der Waals surface area (Å²) in [6.45, 7) is 0.189. The Kier molecular flexibility index (Phi) is 4.38. The molecule has 27 heavy (non-hydrogen) atoms. The van der Waals surface area contributed by atoms with Gasteiger partial charge in [0.25, 0.3) is 5.91 Å². The Morgan fingerprint density at radius 2 is 1.78 bits per heavy atom.